The molecule has 0 aliphatic rings. The van der Waals surface area contributed by atoms with Gasteiger partial charge in [0, 0.05) is 36.9 Å². The summed E-state index contributed by atoms with van der Waals surface area (Å²) in [5.74, 6) is 1.04. The summed E-state index contributed by atoms with van der Waals surface area (Å²) in [5.41, 5.74) is 6.06. The van der Waals surface area contributed by atoms with E-state index in [-0.39, 0.29) is 0 Å². The lowest BCUT2D eigenvalue weighted by atomic mass is 10.2. The number of halogens is 1. The molecular formula is C21H18ClN5. The number of fused-ring (bicyclic) bond motifs is 4. The van der Waals surface area contributed by atoms with Crippen molar-refractivity contribution in [1.82, 2.24) is 23.9 Å². The van der Waals surface area contributed by atoms with E-state index >= 15 is 0 Å². The van der Waals surface area contributed by atoms with Crippen LogP contribution in [0.4, 0.5) is 0 Å². The summed E-state index contributed by atoms with van der Waals surface area (Å²) < 4.78 is 4.21. The Morgan fingerprint density at radius 3 is 2.78 bits per heavy atom. The van der Waals surface area contributed by atoms with E-state index < -0.39 is 0 Å². The zero-order valence-corrected chi connectivity index (χ0v) is 15.9. The molecule has 6 heteroatoms. The van der Waals surface area contributed by atoms with E-state index in [0.29, 0.717) is 5.02 Å². The fourth-order valence-electron chi connectivity index (χ4n) is 3.66. The highest BCUT2D eigenvalue weighted by Gasteiger charge is 2.13. The Morgan fingerprint density at radius 2 is 1.93 bits per heavy atom. The van der Waals surface area contributed by atoms with E-state index in [0.717, 1.165) is 57.6 Å². The van der Waals surface area contributed by atoms with E-state index in [1.807, 2.05) is 28.8 Å². The number of pyridine rings is 2. The van der Waals surface area contributed by atoms with Crippen molar-refractivity contribution in [3.05, 3.63) is 71.0 Å². The Balaban J connectivity index is 1.52. The van der Waals surface area contributed by atoms with Crippen LogP contribution < -0.4 is 0 Å². The third-order valence-electron chi connectivity index (χ3n) is 5.15. The van der Waals surface area contributed by atoms with Crippen LogP contribution in [0.1, 0.15) is 17.2 Å². The van der Waals surface area contributed by atoms with Gasteiger partial charge in [0.05, 0.1) is 27.3 Å². The summed E-state index contributed by atoms with van der Waals surface area (Å²) in [6, 6.07) is 12.1. The second-order valence-corrected chi connectivity index (χ2v) is 7.25. The monoisotopic (exact) mass is 375 g/mol. The van der Waals surface area contributed by atoms with Gasteiger partial charge in [-0.15, -0.1) is 0 Å². The molecule has 27 heavy (non-hydrogen) atoms. The molecule has 0 spiro atoms. The summed E-state index contributed by atoms with van der Waals surface area (Å²) in [6.07, 6.45) is 5.51. The van der Waals surface area contributed by atoms with Crippen molar-refractivity contribution >= 4 is 39.2 Å². The first-order chi connectivity index (χ1) is 13.1. The first kappa shape index (κ1) is 16.3. The Morgan fingerprint density at radius 1 is 1.04 bits per heavy atom. The molecule has 0 N–H and O–H groups in total. The lowest BCUT2D eigenvalue weighted by Gasteiger charge is -2.01. The van der Waals surface area contributed by atoms with E-state index in [1.54, 1.807) is 0 Å². The minimum absolute atomic E-state index is 0.675. The maximum absolute atomic E-state index is 6.29. The lowest BCUT2D eigenvalue weighted by Crippen LogP contribution is -2.00. The van der Waals surface area contributed by atoms with Gasteiger partial charge in [-0.05, 0) is 49.7 Å². The maximum Gasteiger partial charge on any atom is 0.156 e. The van der Waals surface area contributed by atoms with Crippen LogP contribution >= 0.6 is 11.6 Å². The van der Waals surface area contributed by atoms with Gasteiger partial charge >= 0.3 is 0 Å². The molecule has 0 saturated carbocycles. The highest BCUT2D eigenvalue weighted by molar-refractivity contribution is 6.33. The Bertz CT molecular complexity index is 1280. The second kappa shape index (κ2) is 6.06. The van der Waals surface area contributed by atoms with Crippen LogP contribution in [0.2, 0.25) is 5.02 Å². The Kier molecular flexibility index (Phi) is 3.65. The first-order valence-corrected chi connectivity index (χ1v) is 9.32. The van der Waals surface area contributed by atoms with Gasteiger partial charge in [0.1, 0.15) is 5.82 Å². The standard InChI is InChI=1S/C21H18ClN5/c1-13-5-7-16(22)21-24-14(12-27(13)21)6-10-19-25-20-15-4-3-11-23-17(15)8-9-18(20)26(19)2/h3-5,7-9,11-12H,6,10H2,1-2H3. The number of nitrogens with zero attached hydrogens (tertiary/aromatic N) is 5. The highest BCUT2D eigenvalue weighted by Crippen LogP contribution is 2.25. The number of hydrogen-bond donors (Lipinski definition) is 0. The van der Waals surface area contributed by atoms with Crippen LogP contribution in [0.25, 0.3) is 27.6 Å². The number of benzene rings is 1. The molecule has 0 fully saturated rings. The summed E-state index contributed by atoms with van der Waals surface area (Å²) >= 11 is 6.29. The molecule has 0 saturated heterocycles. The normalized spacial score (nSPS) is 11.8. The minimum Gasteiger partial charge on any atom is -0.331 e. The summed E-state index contributed by atoms with van der Waals surface area (Å²) in [7, 11) is 2.07. The first-order valence-electron chi connectivity index (χ1n) is 8.94. The molecule has 0 atom stereocenters. The van der Waals surface area contributed by atoms with Gasteiger partial charge in [-0.1, -0.05) is 11.6 Å². The van der Waals surface area contributed by atoms with Crippen molar-refractivity contribution in [3.8, 4) is 0 Å². The minimum atomic E-state index is 0.675. The number of rotatable bonds is 3. The van der Waals surface area contributed by atoms with Gasteiger partial charge in [0.25, 0.3) is 0 Å². The third-order valence-corrected chi connectivity index (χ3v) is 5.44. The molecule has 134 valence electrons. The molecule has 5 nitrogen and oxygen atoms in total. The number of aryl methyl sites for hydroxylation is 4. The fraction of sp³-hybridized carbons (Fsp3) is 0.190. The molecule has 0 aliphatic carbocycles. The van der Waals surface area contributed by atoms with E-state index in [4.69, 9.17) is 21.6 Å². The topological polar surface area (TPSA) is 48.0 Å². The highest BCUT2D eigenvalue weighted by atomic mass is 35.5. The molecule has 5 rings (SSSR count). The van der Waals surface area contributed by atoms with Gasteiger partial charge < -0.3 is 8.97 Å². The molecule has 0 amide bonds. The zero-order valence-electron chi connectivity index (χ0n) is 15.1. The van der Waals surface area contributed by atoms with Gasteiger partial charge in [-0.25, -0.2) is 9.97 Å². The maximum atomic E-state index is 6.29. The predicted molar refractivity (Wildman–Crippen MR) is 108 cm³/mol. The summed E-state index contributed by atoms with van der Waals surface area (Å²) in [4.78, 5) is 14.0. The van der Waals surface area contributed by atoms with Gasteiger partial charge in [0.2, 0.25) is 0 Å². The molecule has 4 aromatic heterocycles. The van der Waals surface area contributed by atoms with Crippen molar-refractivity contribution in [3.63, 3.8) is 0 Å². The Hall–Kier alpha value is -2.92. The average molecular weight is 376 g/mol. The van der Waals surface area contributed by atoms with Crippen LogP contribution in [0.5, 0.6) is 0 Å². The summed E-state index contributed by atoms with van der Waals surface area (Å²) in [6.45, 7) is 2.05. The third kappa shape index (κ3) is 2.58. The van der Waals surface area contributed by atoms with E-state index in [1.165, 1.54) is 0 Å². The molecule has 4 heterocycles. The van der Waals surface area contributed by atoms with Gasteiger partial charge in [-0.3, -0.25) is 4.98 Å². The van der Waals surface area contributed by atoms with Crippen molar-refractivity contribution in [2.45, 2.75) is 19.8 Å². The van der Waals surface area contributed by atoms with Crippen LogP contribution in [0.15, 0.2) is 48.8 Å². The smallest absolute Gasteiger partial charge is 0.156 e. The summed E-state index contributed by atoms with van der Waals surface area (Å²) in [5, 5.41) is 1.76. The molecule has 0 aliphatic heterocycles. The van der Waals surface area contributed by atoms with Crippen LogP contribution in [0.3, 0.4) is 0 Å². The van der Waals surface area contributed by atoms with Crippen molar-refractivity contribution in [2.75, 3.05) is 0 Å². The number of imidazole rings is 2. The molecule has 1 aromatic carbocycles. The molecule has 0 radical (unpaired) electrons. The van der Waals surface area contributed by atoms with Gasteiger partial charge in [-0.2, -0.15) is 0 Å². The second-order valence-electron chi connectivity index (χ2n) is 6.84. The fourth-order valence-corrected chi connectivity index (χ4v) is 3.85. The van der Waals surface area contributed by atoms with Crippen molar-refractivity contribution in [2.24, 2.45) is 7.05 Å². The van der Waals surface area contributed by atoms with E-state index in [2.05, 4.69) is 47.9 Å². The number of aromatic nitrogens is 5. The van der Waals surface area contributed by atoms with E-state index in [9.17, 15) is 0 Å². The quantitative estimate of drug-likeness (QED) is 0.466. The predicted octanol–water partition coefficient (Wildman–Crippen LogP) is 4.52. The van der Waals surface area contributed by atoms with Crippen LogP contribution in [-0.2, 0) is 19.9 Å². The zero-order chi connectivity index (χ0) is 18.5. The van der Waals surface area contributed by atoms with Crippen molar-refractivity contribution in [1.29, 1.82) is 0 Å². The SMILES string of the molecule is Cc1ccc(Cl)c2nc(CCc3nc4c5cccnc5ccc4n3C)cn12. The lowest BCUT2D eigenvalue weighted by molar-refractivity contribution is 0.779. The van der Waals surface area contributed by atoms with Gasteiger partial charge in [0.15, 0.2) is 5.65 Å². The largest absolute Gasteiger partial charge is 0.331 e. The average Bonchev–Trinajstić information content (AvgIpc) is 3.26. The molecule has 0 bridgehead atoms. The number of hydrogen-bond acceptors (Lipinski definition) is 3. The molecule has 5 aromatic rings. The van der Waals surface area contributed by atoms with Crippen LogP contribution in [-0.4, -0.2) is 23.9 Å². The van der Waals surface area contributed by atoms with Crippen molar-refractivity contribution < 1.29 is 0 Å². The molecular weight excluding hydrogens is 358 g/mol. The van der Waals surface area contributed by atoms with Crippen LogP contribution in [0, 0.1) is 6.92 Å². The Labute approximate surface area is 161 Å². The molecule has 0 unspecified atom stereocenters.